The molecule has 24 heavy (non-hydrogen) atoms. The number of nitrogens with two attached hydrogens (primary N) is 1. The Kier molecular flexibility index (Phi) is 4.33. The van der Waals surface area contributed by atoms with Gasteiger partial charge in [-0.15, -0.1) is 0 Å². The number of halogens is 1. The van der Waals surface area contributed by atoms with Crippen LogP contribution in [0.4, 0.5) is 5.69 Å². The summed E-state index contributed by atoms with van der Waals surface area (Å²) in [7, 11) is 0. The molecule has 0 fully saturated rings. The number of nitrogen functional groups attached to an aromatic ring is 1. The van der Waals surface area contributed by atoms with E-state index in [1.807, 2.05) is 50.2 Å². The van der Waals surface area contributed by atoms with Gasteiger partial charge in [0.05, 0.1) is 11.8 Å². The van der Waals surface area contributed by atoms with E-state index >= 15 is 0 Å². The summed E-state index contributed by atoms with van der Waals surface area (Å²) in [5.74, 6) is -0.0777. The molecular formula is C19H20ClN3O. The van der Waals surface area contributed by atoms with Crippen molar-refractivity contribution in [2.45, 2.75) is 33.2 Å². The standard InChI is InChI=1S/C19H20ClN3O/c1-11-8-15(5-7-18(11)21)19-17-10-16(20)6-4-14(17)9-12(2)23(22-19)13(3)24/h4-8,10,12H,9,21H2,1-3H3. The van der Waals surface area contributed by atoms with Crippen LogP contribution in [-0.4, -0.2) is 22.7 Å². The molecule has 0 saturated heterocycles. The summed E-state index contributed by atoms with van der Waals surface area (Å²) in [6.07, 6.45) is 0.729. The number of benzene rings is 2. The minimum atomic E-state index is -0.0777. The molecule has 1 unspecified atom stereocenters. The number of hydrazone groups is 1. The zero-order valence-electron chi connectivity index (χ0n) is 14.0. The largest absolute Gasteiger partial charge is 0.399 e. The molecule has 1 aliphatic heterocycles. The Morgan fingerprint density at radius 3 is 2.71 bits per heavy atom. The van der Waals surface area contributed by atoms with E-state index in [-0.39, 0.29) is 11.9 Å². The molecule has 0 aliphatic carbocycles. The lowest BCUT2D eigenvalue weighted by atomic mass is 9.94. The predicted octanol–water partition coefficient (Wildman–Crippen LogP) is 3.78. The van der Waals surface area contributed by atoms with Crippen molar-refractivity contribution in [1.29, 1.82) is 0 Å². The Balaban J connectivity index is 2.25. The Morgan fingerprint density at radius 1 is 1.29 bits per heavy atom. The number of rotatable bonds is 1. The molecule has 2 N–H and O–H groups in total. The van der Waals surface area contributed by atoms with Gasteiger partial charge in [0.25, 0.3) is 0 Å². The first-order valence-corrected chi connectivity index (χ1v) is 8.28. The smallest absolute Gasteiger partial charge is 0.239 e. The fourth-order valence-corrected chi connectivity index (χ4v) is 3.20. The molecule has 2 aromatic carbocycles. The topological polar surface area (TPSA) is 58.7 Å². The minimum absolute atomic E-state index is 0.0187. The van der Waals surface area contributed by atoms with E-state index in [0.29, 0.717) is 5.02 Å². The maximum atomic E-state index is 12.1. The van der Waals surface area contributed by atoms with Crippen molar-refractivity contribution in [2.75, 3.05) is 5.73 Å². The maximum Gasteiger partial charge on any atom is 0.239 e. The van der Waals surface area contributed by atoms with Crippen molar-refractivity contribution in [3.05, 3.63) is 63.7 Å². The van der Waals surface area contributed by atoms with Gasteiger partial charge in [0.1, 0.15) is 0 Å². The molecule has 4 nitrogen and oxygen atoms in total. The predicted molar refractivity (Wildman–Crippen MR) is 98.4 cm³/mol. The molecule has 5 heteroatoms. The highest BCUT2D eigenvalue weighted by atomic mass is 35.5. The summed E-state index contributed by atoms with van der Waals surface area (Å²) in [5, 5.41) is 6.88. The second-order valence-electron chi connectivity index (χ2n) is 6.24. The number of aryl methyl sites for hydroxylation is 1. The zero-order valence-corrected chi connectivity index (χ0v) is 14.8. The molecule has 3 rings (SSSR count). The zero-order chi connectivity index (χ0) is 17.4. The quantitative estimate of drug-likeness (QED) is 0.802. The number of amides is 1. The average Bonchev–Trinajstić information content (AvgIpc) is 2.66. The van der Waals surface area contributed by atoms with Gasteiger partial charge >= 0.3 is 0 Å². The van der Waals surface area contributed by atoms with Gasteiger partial charge in [-0.2, -0.15) is 5.10 Å². The molecule has 0 saturated carbocycles. The van der Waals surface area contributed by atoms with Gasteiger partial charge in [-0.25, -0.2) is 5.01 Å². The number of fused-ring (bicyclic) bond motifs is 1. The number of hydrogen-bond donors (Lipinski definition) is 1. The molecule has 1 amide bonds. The maximum absolute atomic E-state index is 12.1. The molecule has 1 heterocycles. The lowest BCUT2D eigenvalue weighted by Gasteiger charge is -2.21. The van der Waals surface area contributed by atoms with Gasteiger partial charge in [-0.1, -0.05) is 23.7 Å². The van der Waals surface area contributed by atoms with Crippen LogP contribution in [0, 0.1) is 6.92 Å². The van der Waals surface area contributed by atoms with Crippen LogP contribution in [0.1, 0.15) is 36.1 Å². The summed E-state index contributed by atoms with van der Waals surface area (Å²) >= 11 is 6.22. The third-order valence-electron chi connectivity index (χ3n) is 4.33. The first-order valence-electron chi connectivity index (χ1n) is 7.90. The normalized spacial score (nSPS) is 17.1. The van der Waals surface area contributed by atoms with Crippen molar-refractivity contribution in [3.8, 4) is 0 Å². The minimum Gasteiger partial charge on any atom is -0.399 e. The SMILES string of the molecule is CC(=O)N1N=C(c2ccc(N)c(C)c2)c2cc(Cl)ccc2CC1C. The Hall–Kier alpha value is -2.33. The second kappa shape index (κ2) is 6.29. The van der Waals surface area contributed by atoms with E-state index in [9.17, 15) is 4.79 Å². The van der Waals surface area contributed by atoms with E-state index in [0.717, 1.165) is 40.1 Å². The van der Waals surface area contributed by atoms with Crippen molar-refractivity contribution in [2.24, 2.45) is 5.10 Å². The summed E-state index contributed by atoms with van der Waals surface area (Å²) in [5.41, 5.74) is 11.4. The van der Waals surface area contributed by atoms with Crippen LogP contribution in [-0.2, 0) is 11.2 Å². The summed E-state index contributed by atoms with van der Waals surface area (Å²) in [4.78, 5) is 12.1. The van der Waals surface area contributed by atoms with E-state index in [1.54, 1.807) is 5.01 Å². The van der Waals surface area contributed by atoms with Crippen LogP contribution in [0.25, 0.3) is 0 Å². The molecule has 2 aromatic rings. The van der Waals surface area contributed by atoms with E-state index in [4.69, 9.17) is 17.3 Å². The third kappa shape index (κ3) is 3.02. The molecular weight excluding hydrogens is 322 g/mol. The molecule has 0 radical (unpaired) electrons. The van der Waals surface area contributed by atoms with Gasteiger partial charge in [-0.05, 0) is 55.7 Å². The van der Waals surface area contributed by atoms with Gasteiger partial charge < -0.3 is 5.73 Å². The highest BCUT2D eigenvalue weighted by Crippen LogP contribution is 2.27. The number of anilines is 1. The lowest BCUT2D eigenvalue weighted by Crippen LogP contribution is -2.33. The molecule has 1 aliphatic rings. The Morgan fingerprint density at radius 2 is 2.04 bits per heavy atom. The van der Waals surface area contributed by atoms with Gasteiger partial charge in [-0.3, -0.25) is 4.79 Å². The van der Waals surface area contributed by atoms with Crippen molar-refractivity contribution < 1.29 is 4.79 Å². The van der Waals surface area contributed by atoms with Gasteiger partial charge in [0, 0.05) is 28.8 Å². The number of nitrogens with zero attached hydrogens (tertiary/aromatic N) is 2. The van der Waals surface area contributed by atoms with Crippen LogP contribution in [0.3, 0.4) is 0 Å². The van der Waals surface area contributed by atoms with Crippen LogP contribution < -0.4 is 5.73 Å². The summed E-state index contributed by atoms with van der Waals surface area (Å²) < 4.78 is 0. The summed E-state index contributed by atoms with van der Waals surface area (Å²) in [6, 6.07) is 11.6. The Labute approximate surface area is 146 Å². The number of carbonyl (C=O) groups excluding carboxylic acids is 1. The van der Waals surface area contributed by atoms with Gasteiger partial charge in [0.2, 0.25) is 5.91 Å². The summed E-state index contributed by atoms with van der Waals surface area (Å²) in [6.45, 7) is 5.50. The first kappa shape index (κ1) is 16.5. The monoisotopic (exact) mass is 341 g/mol. The van der Waals surface area contributed by atoms with Crippen LogP contribution in [0.5, 0.6) is 0 Å². The first-order chi connectivity index (χ1) is 11.4. The van der Waals surface area contributed by atoms with E-state index in [1.165, 1.54) is 6.92 Å². The van der Waals surface area contributed by atoms with Crippen LogP contribution in [0.15, 0.2) is 41.5 Å². The number of hydrogen-bond acceptors (Lipinski definition) is 3. The lowest BCUT2D eigenvalue weighted by molar-refractivity contribution is -0.130. The highest BCUT2D eigenvalue weighted by Gasteiger charge is 2.25. The number of carbonyl (C=O) groups is 1. The Bertz CT molecular complexity index is 845. The fourth-order valence-electron chi connectivity index (χ4n) is 3.03. The molecule has 0 spiro atoms. The average molecular weight is 342 g/mol. The van der Waals surface area contributed by atoms with Crippen LogP contribution in [0.2, 0.25) is 5.02 Å². The fraction of sp³-hybridized carbons (Fsp3) is 0.263. The highest BCUT2D eigenvalue weighted by molar-refractivity contribution is 6.31. The molecule has 124 valence electrons. The van der Waals surface area contributed by atoms with Crippen molar-refractivity contribution in [3.63, 3.8) is 0 Å². The van der Waals surface area contributed by atoms with Crippen LogP contribution >= 0.6 is 11.6 Å². The van der Waals surface area contributed by atoms with Crippen molar-refractivity contribution in [1.82, 2.24) is 5.01 Å². The van der Waals surface area contributed by atoms with E-state index in [2.05, 4.69) is 5.10 Å². The third-order valence-corrected chi connectivity index (χ3v) is 4.57. The van der Waals surface area contributed by atoms with Crippen molar-refractivity contribution >= 4 is 28.9 Å². The molecule has 1 atom stereocenters. The second-order valence-corrected chi connectivity index (χ2v) is 6.67. The molecule has 0 bridgehead atoms. The van der Waals surface area contributed by atoms with E-state index < -0.39 is 0 Å². The molecule has 0 aromatic heterocycles. The van der Waals surface area contributed by atoms with Gasteiger partial charge in [0.15, 0.2) is 0 Å².